The first-order chi connectivity index (χ1) is 8.31. The van der Waals surface area contributed by atoms with Gasteiger partial charge in [0, 0.05) is 19.1 Å². The minimum atomic E-state index is -3.01. The minimum Gasteiger partial charge on any atom is -0.390 e. The Bertz CT molecular complexity index is 416. The number of ketones is 1. The lowest BCUT2D eigenvalue weighted by molar-refractivity contribution is -0.129. The molecule has 2 rings (SSSR count). The molecule has 2 aliphatic rings. The molecule has 0 spiro atoms. The third kappa shape index (κ3) is 2.94. The van der Waals surface area contributed by atoms with Crippen LogP contribution in [0.25, 0.3) is 0 Å². The van der Waals surface area contributed by atoms with Crippen LogP contribution in [0.5, 0.6) is 0 Å². The van der Waals surface area contributed by atoms with Crippen molar-refractivity contribution in [1.82, 2.24) is 0 Å². The second-order valence-electron chi connectivity index (χ2n) is 5.96. The lowest BCUT2D eigenvalue weighted by Crippen LogP contribution is -2.45. The standard InChI is InChI=1S/C13H22O4S/c1-18(16,17)12-4-2-3-10(9-12)13(15)7-5-11(14)6-8-13/h10,12,15H,2-9H2,1H3. The zero-order chi connectivity index (χ0) is 13.4. The summed E-state index contributed by atoms with van der Waals surface area (Å²) in [5.41, 5.74) is -0.808. The van der Waals surface area contributed by atoms with Crippen LogP contribution in [0.3, 0.4) is 0 Å². The van der Waals surface area contributed by atoms with Gasteiger partial charge in [-0.3, -0.25) is 4.79 Å². The molecule has 1 N–H and O–H groups in total. The molecule has 2 atom stereocenters. The zero-order valence-electron chi connectivity index (χ0n) is 10.9. The van der Waals surface area contributed by atoms with Gasteiger partial charge in [0.25, 0.3) is 0 Å². The van der Waals surface area contributed by atoms with E-state index in [1.807, 2.05) is 0 Å². The highest BCUT2D eigenvalue weighted by Gasteiger charge is 2.43. The Balaban J connectivity index is 2.07. The maximum atomic E-state index is 11.6. The fourth-order valence-electron chi connectivity index (χ4n) is 3.39. The molecular formula is C13H22O4S. The molecule has 0 amide bonds. The highest BCUT2D eigenvalue weighted by molar-refractivity contribution is 7.91. The number of hydrogen-bond donors (Lipinski definition) is 1. The topological polar surface area (TPSA) is 71.4 Å². The SMILES string of the molecule is CS(=O)(=O)C1CCCC(C2(O)CCC(=O)CC2)C1. The molecule has 0 aromatic heterocycles. The van der Waals surface area contributed by atoms with Crippen molar-refractivity contribution in [3.8, 4) is 0 Å². The average molecular weight is 274 g/mol. The van der Waals surface area contributed by atoms with Gasteiger partial charge in [0.05, 0.1) is 10.9 Å². The maximum absolute atomic E-state index is 11.6. The van der Waals surface area contributed by atoms with Gasteiger partial charge < -0.3 is 5.11 Å². The number of carbonyl (C=O) groups excluding carboxylic acids is 1. The van der Waals surface area contributed by atoms with Crippen molar-refractivity contribution in [2.75, 3.05) is 6.26 Å². The van der Waals surface area contributed by atoms with Crippen LogP contribution in [-0.4, -0.2) is 36.4 Å². The lowest BCUT2D eigenvalue weighted by Gasteiger charge is -2.42. The van der Waals surface area contributed by atoms with Gasteiger partial charge in [-0.15, -0.1) is 0 Å². The van der Waals surface area contributed by atoms with Gasteiger partial charge >= 0.3 is 0 Å². The predicted octanol–water partition coefficient (Wildman–Crippen LogP) is 1.46. The van der Waals surface area contributed by atoms with Crippen LogP contribution in [0.15, 0.2) is 0 Å². The van der Waals surface area contributed by atoms with Crippen LogP contribution in [-0.2, 0) is 14.6 Å². The van der Waals surface area contributed by atoms with E-state index in [4.69, 9.17) is 0 Å². The summed E-state index contributed by atoms with van der Waals surface area (Å²) in [6.07, 6.45) is 6.20. The van der Waals surface area contributed by atoms with Crippen LogP contribution in [0, 0.1) is 5.92 Å². The van der Waals surface area contributed by atoms with Crippen molar-refractivity contribution < 1.29 is 18.3 Å². The van der Waals surface area contributed by atoms with Gasteiger partial charge in [0.2, 0.25) is 0 Å². The quantitative estimate of drug-likeness (QED) is 0.827. The molecule has 2 fully saturated rings. The molecule has 5 heteroatoms. The third-order valence-electron chi connectivity index (χ3n) is 4.67. The zero-order valence-corrected chi connectivity index (χ0v) is 11.7. The van der Waals surface area contributed by atoms with Crippen LogP contribution in [0.2, 0.25) is 0 Å². The molecule has 0 aliphatic heterocycles. The molecule has 2 saturated carbocycles. The first kappa shape index (κ1) is 14.0. The number of rotatable bonds is 2. The van der Waals surface area contributed by atoms with E-state index in [2.05, 4.69) is 0 Å². The van der Waals surface area contributed by atoms with E-state index in [0.717, 1.165) is 12.8 Å². The smallest absolute Gasteiger partial charge is 0.150 e. The Labute approximate surface area is 109 Å². The molecule has 0 radical (unpaired) electrons. The third-order valence-corrected chi connectivity index (χ3v) is 6.30. The predicted molar refractivity (Wildman–Crippen MR) is 69.0 cm³/mol. The average Bonchev–Trinajstić information content (AvgIpc) is 2.32. The highest BCUT2D eigenvalue weighted by Crippen LogP contribution is 2.42. The lowest BCUT2D eigenvalue weighted by atomic mass is 9.69. The van der Waals surface area contributed by atoms with Crippen molar-refractivity contribution in [2.45, 2.75) is 62.2 Å². The monoisotopic (exact) mass is 274 g/mol. The molecule has 2 aliphatic carbocycles. The molecular weight excluding hydrogens is 252 g/mol. The Morgan fingerprint density at radius 3 is 2.39 bits per heavy atom. The van der Waals surface area contributed by atoms with Crippen LogP contribution in [0.4, 0.5) is 0 Å². The molecule has 4 nitrogen and oxygen atoms in total. The Hall–Kier alpha value is -0.420. The number of carbonyl (C=O) groups is 1. The number of Topliss-reactive ketones (excluding diaryl/α,β-unsaturated/α-hetero) is 1. The van der Waals surface area contributed by atoms with E-state index in [9.17, 15) is 18.3 Å². The molecule has 0 saturated heterocycles. The van der Waals surface area contributed by atoms with Gasteiger partial charge in [-0.25, -0.2) is 8.42 Å². The van der Waals surface area contributed by atoms with E-state index in [1.165, 1.54) is 6.26 Å². The summed E-state index contributed by atoms with van der Waals surface area (Å²) in [6, 6.07) is 0. The molecule has 2 unspecified atom stereocenters. The molecule has 0 aromatic carbocycles. The van der Waals surface area contributed by atoms with Crippen molar-refractivity contribution in [1.29, 1.82) is 0 Å². The highest BCUT2D eigenvalue weighted by atomic mass is 32.2. The fourth-order valence-corrected chi connectivity index (χ4v) is 4.57. The Kier molecular flexibility index (Phi) is 3.83. The second-order valence-corrected chi connectivity index (χ2v) is 8.28. The Morgan fingerprint density at radius 1 is 1.22 bits per heavy atom. The van der Waals surface area contributed by atoms with Crippen LogP contribution in [0.1, 0.15) is 51.4 Å². The van der Waals surface area contributed by atoms with E-state index >= 15 is 0 Å². The number of aliphatic hydroxyl groups is 1. The minimum absolute atomic E-state index is 0.0408. The normalized spacial score (nSPS) is 33.3. The van der Waals surface area contributed by atoms with E-state index in [1.54, 1.807) is 0 Å². The van der Waals surface area contributed by atoms with Gasteiger partial charge in [0.15, 0.2) is 0 Å². The van der Waals surface area contributed by atoms with Crippen molar-refractivity contribution in [3.63, 3.8) is 0 Å². The summed E-state index contributed by atoms with van der Waals surface area (Å²) in [4.78, 5) is 11.3. The van der Waals surface area contributed by atoms with Crippen molar-refractivity contribution in [3.05, 3.63) is 0 Å². The van der Waals surface area contributed by atoms with E-state index in [-0.39, 0.29) is 17.0 Å². The second kappa shape index (κ2) is 4.93. The van der Waals surface area contributed by atoms with E-state index in [0.29, 0.717) is 38.5 Å². The summed E-state index contributed by atoms with van der Waals surface area (Å²) < 4.78 is 23.3. The molecule has 104 valence electrons. The van der Waals surface area contributed by atoms with Gasteiger partial charge in [0.1, 0.15) is 15.6 Å². The molecule has 0 heterocycles. The summed E-state index contributed by atoms with van der Waals surface area (Å²) in [7, 11) is -3.01. The summed E-state index contributed by atoms with van der Waals surface area (Å²) in [5, 5.41) is 10.3. The van der Waals surface area contributed by atoms with Gasteiger partial charge in [-0.2, -0.15) is 0 Å². The van der Waals surface area contributed by atoms with Crippen molar-refractivity contribution in [2.24, 2.45) is 5.92 Å². The largest absolute Gasteiger partial charge is 0.390 e. The van der Waals surface area contributed by atoms with Crippen LogP contribution >= 0.6 is 0 Å². The molecule has 0 aromatic rings. The molecule has 0 bridgehead atoms. The first-order valence-corrected chi connectivity index (χ1v) is 8.70. The van der Waals surface area contributed by atoms with E-state index < -0.39 is 15.4 Å². The number of sulfone groups is 1. The summed E-state index contributed by atoms with van der Waals surface area (Å²) in [5.74, 6) is 0.259. The maximum Gasteiger partial charge on any atom is 0.150 e. The molecule has 18 heavy (non-hydrogen) atoms. The summed E-state index contributed by atoms with van der Waals surface area (Å²) >= 11 is 0. The fraction of sp³-hybridized carbons (Fsp3) is 0.923. The van der Waals surface area contributed by atoms with Crippen LogP contribution < -0.4 is 0 Å². The first-order valence-electron chi connectivity index (χ1n) is 6.74. The number of hydrogen-bond acceptors (Lipinski definition) is 4. The summed E-state index contributed by atoms with van der Waals surface area (Å²) in [6.45, 7) is 0. The van der Waals surface area contributed by atoms with Gasteiger partial charge in [-0.05, 0) is 38.0 Å². The Morgan fingerprint density at radius 2 is 1.83 bits per heavy atom. The van der Waals surface area contributed by atoms with Crippen molar-refractivity contribution >= 4 is 15.6 Å². The van der Waals surface area contributed by atoms with Gasteiger partial charge in [-0.1, -0.05) is 6.42 Å².